The predicted molar refractivity (Wildman–Crippen MR) is 54.0 cm³/mol. The van der Waals surface area contributed by atoms with Crippen molar-refractivity contribution < 1.29 is 9.53 Å². The Bertz CT molecular complexity index is 203. The lowest BCUT2D eigenvalue weighted by molar-refractivity contribution is -0.147. The van der Waals surface area contributed by atoms with Gasteiger partial charge in [0.05, 0.1) is 12.5 Å². The van der Waals surface area contributed by atoms with Gasteiger partial charge in [0, 0.05) is 12.6 Å². The number of rotatable bonds is 2. The van der Waals surface area contributed by atoms with Crippen molar-refractivity contribution in [2.24, 2.45) is 5.92 Å². The molecule has 3 heteroatoms. The SMILES string of the molecule is CCOC(=O)C1CC2CCCCN2C1. The van der Waals surface area contributed by atoms with E-state index in [0.29, 0.717) is 12.6 Å². The van der Waals surface area contributed by atoms with Gasteiger partial charge in [0.25, 0.3) is 0 Å². The maximum atomic E-state index is 11.5. The van der Waals surface area contributed by atoms with Gasteiger partial charge in [0.2, 0.25) is 0 Å². The highest BCUT2D eigenvalue weighted by atomic mass is 16.5. The number of fused-ring (bicyclic) bond motifs is 1. The highest BCUT2D eigenvalue weighted by molar-refractivity contribution is 5.73. The normalized spacial score (nSPS) is 32.6. The van der Waals surface area contributed by atoms with Crippen molar-refractivity contribution >= 4 is 5.97 Å². The second-order valence-corrected chi connectivity index (χ2v) is 4.33. The average molecular weight is 197 g/mol. The molecular formula is C11H19NO2. The average Bonchev–Trinajstić information content (AvgIpc) is 2.61. The van der Waals surface area contributed by atoms with Crippen molar-refractivity contribution in [3.05, 3.63) is 0 Å². The van der Waals surface area contributed by atoms with Crippen LogP contribution in [0.3, 0.4) is 0 Å². The molecule has 2 rings (SSSR count). The molecule has 0 saturated carbocycles. The van der Waals surface area contributed by atoms with Crippen LogP contribution in [0.2, 0.25) is 0 Å². The number of hydrogen-bond donors (Lipinski definition) is 0. The molecule has 0 aromatic heterocycles. The molecule has 0 aromatic rings. The molecule has 0 radical (unpaired) electrons. The van der Waals surface area contributed by atoms with Crippen LogP contribution < -0.4 is 0 Å². The maximum absolute atomic E-state index is 11.5. The van der Waals surface area contributed by atoms with Crippen LogP contribution in [0.4, 0.5) is 0 Å². The van der Waals surface area contributed by atoms with E-state index in [-0.39, 0.29) is 11.9 Å². The second-order valence-electron chi connectivity index (χ2n) is 4.33. The molecule has 0 bridgehead atoms. The molecule has 0 spiro atoms. The minimum Gasteiger partial charge on any atom is -0.466 e. The number of esters is 1. The predicted octanol–water partition coefficient (Wildman–Crippen LogP) is 1.42. The molecule has 3 nitrogen and oxygen atoms in total. The van der Waals surface area contributed by atoms with Crippen LogP contribution in [0.5, 0.6) is 0 Å². The van der Waals surface area contributed by atoms with E-state index in [1.165, 1.54) is 25.8 Å². The Morgan fingerprint density at radius 1 is 1.50 bits per heavy atom. The molecule has 2 aliphatic heterocycles. The molecule has 0 amide bonds. The first kappa shape index (κ1) is 9.97. The number of carbonyl (C=O) groups is 1. The Labute approximate surface area is 85.4 Å². The Morgan fingerprint density at radius 3 is 3.07 bits per heavy atom. The van der Waals surface area contributed by atoms with Crippen molar-refractivity contribution in [1.82, 2.24) is 4.90 Å². The first-order valence-corrected chi connectivity index (χ1v) is 5.72. The number of piperidine rings is 1. The summed E-state index contributed by atoms with van der Waals surface area (Å²) in [5.74, 6) is 0.167. The van der Waals surface area contributed by atoms with E-state index in [9.17, 15) is 4.79 Å². The highest BCUT2D eigenvalue weighted by Gasteiger charge is 2.37. The molecule has 80 valence electrons. The zero-order chi connectivity index (χ0) is 9.97. The van der Waals surface area contributed by atoms with Crippen LogP contribution in [0, 0.1) is 5.92 Å². The topological polar surface area (TPSA) is 29.5 Å². The van der Waals surface area contributed by atoms with Crippen LogP contribution in [0.15, 0.2) is 0 Å². The zero-order valence-electron chi connectivity index (χ0n) is 8.87. The smallest absolute Gasteiger partial charge is 0.310 e. The third-order valence-electron chi connectivity index (χ3n) is 3.38. The van der Waals surface area contributed by atoms with Gasteiger partial charge in [0.1, 0.15) is 0 Å². The summed E-state index contributed by atoms with van der Waals surface area (Å²) in [6.45, 7) is 4.50. The van der Waals surface area contributed by atoms with Gasteiger partial charge in [-0.15, -0.1) is 0 Å². The summed E-state index contributed by atoms with van der Waals surface area (Å²) < 4.78 is 5.07. The number of ether oxygens (including phenoxy) is 1. The monoisotopic (exact) mass is 197 g/mol. The van der Waals surface area contributed by atoms with E-state index >= 15 is 0 Å². The van der Waals surface area contributed by atoms with Gasteiger partial charge in [-0.1, -0.05) is 6.42 Å². The third-order valence-corrected chi connectivity index (χ3v) is 3.38. The lowest BCUT2D eigenvalue weighted by Crippen LogP contribution is -2.34. The fourth-order valence-corrected chi connectivity index (χ4v) is 2.68. The van der Waals surface area contributed by atoms with Gasteiger partial charge in [-0.05, 0) is 32.7 Å². The van der Waals surface area contributed by atoms with Crippen molar-refractivity contribution in [2.75, 3.05) is 19.7 Å². The maximum Gasteiger partial charge on any atom is 0.310 e. The largest absolute Gasteiger partial charge is 0.466 e. The van der Waals surface area contributed by atoms with Gasteiger partial charge in [-0.2, -0.15) is 0 Å². The van der Waals surface area contributed by atoms with E-state index in [1.807, 2.05) is 6.92 Å². The van der Waals surface area contributed by atoms with Crippen molar-refractivity contribution in [1.29, 1.82) is 0 Å². The Hall–Kier alpha value is -0.570. The summed E-state index contributed by atoms with van der Waals surface area (Å²) in [5.41, 5.74) is 0. The number of carbonyl (C=O) groups excluding carboxylic acids is 1. The first-order valence-electron chi connectivity index (χ1n) is 5.72. The van der Waals surface area contributed by atoms with Gasteiger partial charge in [0.15, 0.2) is 0 Å². The van der Waals surface area contributed by atoms with E-state index in [4.69, 9.17) is 4.74 Å². The summed E-state index contributed by atoms with van der Waals surface area (Å²) in [6.07, 6.45) is 4.93. The molecule has 2 heterocycles. The Kier molecular flexibility index (Phi) is 3.06. The fraction of sp³-hybridized carbons (Fsp3) is 0.909. The van der Waals surface area contributed by atoms with Crippen molar-refractivity contribution in [2.45, 2.75) is 38.6 Å². The number of hydrogen-bond acceptors (Lipinski definition) is 3. The van der Waals surface area contributed by atoms with Gasteiger partial charge in [-0.3, -0.25) is 9.69 Å². The Balaban J connectivity index is 1.89. The lowest BCUT2D eigenvalue weighted by Gasteiger charge is -2.28. The molecule has 2 fully saturated rings. The molecule has 0 aliphatic carbocycles. The molecule has 2 atom stereocenters. The standard InChI is InChI=1S/C11H19NO2/c1-2-14-11(13)9-7-10-5-3-4-6-12(10)8-9/h9-10H,2-8H2,1H3. The van der Waals surface area contributed by atoms with Gasteiger partial charge >= 0.3 is 5.97 Å². The van der Waals surface area contributed by atoms with Crippen molar-refractivity contribution in [3.63, 3.8) is 0 Å². The van der Waals surface area contributed by atoms with E-state index in [2.05, 4.69) is 4.90 Å². The minimum atomic E-state index is 0.0156. The quantitative estimate of drug-likeness (QED) is 0.627. The zero-order valence-corrected chi connectivity index (χ0v) is 8.87. The second kappa shape index (κ2) is 4.30. The summed E-state index contributed by atoms with van der Waals surface area (Å²) in [5, 5.41) is 0. The Morgan fingerprint density at radius 2 is 2.36 bits per heavy atom. The van der Waals surface area contributed by atoms with Crippen LogP contribution in [-0.2, 0) is 9.53 Å². The fourth-order valence-electron chi connectivity index (χ4n) is 2.68. The summed E-state index contributed by atoms with van der Waals surface area (Å²) in [6, 6.07) is 0.665. The third kappa shape index (κ3) is 1.92. The first-order chi connectivity index (χ1) is 6.81. The molecule has 2 unspecified atom stereocenters. The summed E-state index contributed by atoms with van der Waals surface area (Å²) in [4.78, 5) is 14.0. The summed E-state index contributed by atoms with van der Waals surface area (Å²) >= 11 is 0. The van der Waals surface area contributed by atoms with Crippen molar-refractivity contribution in [3.8, 4) is 0 Å². The van der Waals surface area contributed by atoms with E-state index in [1.54, 1.807) is 0 Å². The van der Waals surface area contributed by atoms with Crippen LogP contribution in [0.25, 0.3) is 0 Å². The van der Waals surface area contributed by atoms with Gasteiger partial charge in [-0.25, -0.2) is 0 Å². The molecule has 2 aliphatic rings. The van der Waals surface area contributed by atoms with Crippen LogP contribution >= 0.6 is 0 Å². The molecule has 0 N–H and O–H groups in total. The molecule has 14 heavy (non-hydrogen) atoms. The molecule has 0 aromatic carbocycles. The summed E-state index contributed by atoms with van der Waals surface area (Å²) in [7, 11) is 0. The van der Waals surface area contributed by atoms with E-state index < -0.39 is 0 Å². The number of nitrogens with zero attached hydrogens (tertiary/aromatic N) is 1. The van der Waals surface area contributed by atoms with Crippen LogP contribution in [0.1, 0.15) is 32.6 Å². The van der Waals surface area contributed by atoms with E-state index in [0.717, 1.165) is 13.0 Å². The van der Waals surface area contributed by atoms with Crippen LogP contribution in [-0.4, -0.2) is 36.6 Å². The minimum absolute atomic E-state index is 0.0156. The van der Waals surface area contributed by atoms with Gasteiger partial charge < -0.3 is 4.74 Å². The molecular weight excluding hydrogens is 178 g/mol. The highest BCUT2D eigenvalue weighted by Crippen LogP contribution is 2.30. The molecule has 2 saturated heterocycles. The lowest BCUT2D eigenvalue weighted by atomic mass is 10.00.